The number of amides is 3. The molecule has 1 unspecified atom stereocenters. The third-order valence-electron chi connectivity index (χ3n) is 5.16. The number of anilines is 1. The van der Waals surface area contributed by atoms with Crippen LogP contribution in [0.2, 0.25) is 0 Å². The van der Waals surface area contributed by atoms with Gasteiger partial charge < -0.3 is 19.5 Å². The molecule has 198 valence electrons. The molecule has 1 saturated heterocycles. The van der Waals surface area contributed by atoms with Crippen molar-refractivity contribution < 1.29 is 33.4 Å². The molecule has 2 aromatic rings. The number of hydrogen-bond donors (Lipinski definition) is 1. The van der Waals surface area contributed by atoms with Gasteiger partial charge in [-0.2, -0.15) is 4.90 Å². The topological polar surface area (TPSA) is 124 Å². The van der Waals surface area contributed by atoms with Crippen LogP contribution in [0.3, 0.4) is 0 Å². The Kier molecular flexibility index (Phi) is 8.20. The lowest BCUT2D eigenvalue weighted by molar-refractivity contribution is -0.158. The summed E-state index contributed by atoms with van der Waals surface area (Å²) < 4.78 is 16.2. The summed E-state index contributed by atoms with van der Waals surface area (Å²) in [6.07, 6.45) is -0.320. The number of imide groups is 1. The molecule has 10 nitrogen and oxygen atoms in total. The van der Waals surface area contributed by atoms with E-state index in [0.29, 0.717) is 10.5 Å². The van der Waals surface area contributed by atoms with E-state index in [9.17, 15) is 19.2 Å². The number of aromatic nitrogens is 1. The van der Waals surface area contributed by atoms with Crippen LogP contribution in [0.25, 0.3) is 0 Å². The Morgan fingerprint density at radius 3 is 2.05 bits per heavy atom. The molecule has 10 heteroatoms. The first-order valence-corrected chi connectivity index (χ1v) is 12.0. The Hall–Kier alpha value is -3.95. The first-order chi connectivity index (χ1) is 17.2. The van der Waals surface area contributed by atoms with Gasteiger partial charge >= 0.3 is 18.2 Å². The van der Waals surface area contributed by atoms with Crippen molar-refractivity contribution in [3.63, 3.8) is 0 Å². The Labute approximate surface area is 216 Å². The lowest BCUT2D eigenvalue weighted by atomic mass is 9.85. The molecule has 2 atom stereocenters. The molecule has 0 aliphatic carbocycles. The first-order valence-electron chi connectivity index (χ1n) is 12.0. The van der Waals surface area contributed by atoms with Gasteiger partial charge in [-0.15, -0.1) is 0 Å². The summed E-state index contributed by atoms with van der Waals surface area (Å²) in [5.41, 5.74) is -0.317. The van der Waals surface area contributed by atoms with E-state index in [1.54, 1.807) is 47.6 Å². The summed E-state index contributed by atoms with van der Waals surface area (Å²) in [6, 6.07) is 11.6. The minimum Gasteiger partial charge on any atom is -0.459 e. The zero-order valence-corrected chi connectivity index (χ0v) is 21.9. The average molecular weight is 512 g/mol. The van der Waals surface area contributed by atoms with E-state index in [4.69, 9.17) is 14.2 Å². The maximum atomic E-state index is 12.9. The number of rotatable bonds is 6. The third kappa shape index (κ3) is 7.77. The van der Waals surface area contributed by atoms with Crippen LogP contribution in [0.1, 0.15) is 52.7 Å². The molecule has 1 aliphatic rings. The molecular weight excluding hydrogens is 478 g/mol. The minimum atomic E-state index is -0.949. The second-order valence-corrected chi connectivity index (χ2v) is 10.7. The van der Waals surface area contributed by atoms with E-state index in [1.165, 1.54) is 12.3 Å². The maximum absolute atomic E-state index is 12.9. The number of hydrogen-bond acceptors (Lipinski definition) is 8. The normalized spacial score (nSPS) is 17.2. The molecule has 0 spiro atoms. The predicted octanol–water partition coefficient (Wildman–Crippen LogP) is 4.16. The maximum Gasteiger partial charge on any atom is 0.425 e. The highest BCUT2D eigenvalue weighted by Gasteiger charge is 2.45. The van der Waals surface area contributed by atoms with Crippen molar-refractivity contribution in [2.24, 2.45) is 5.92 Å². The fourth-order valence-corrected chi connectivity index (χ4v) is 3.51. The van der Waals surface area contributed by atoms with E-state index < -0.39 is 41.3 Å². The summed E-state index contributed by atoms with van der Waals surface area (Å²) in [6.45, 7) is 10.1. The molecule has 1 fully saturated rings. The number of carbonyl (C=O) groups is 4. The number of esters is 1. The first kappa shape index (κ1) is 27.6. The largest absolute Gasteiger partial charge is 0.459 e. The molecule has 0 bridgehead atoms. The van der Waals surface area contributed by atoms with Crippen LogP contribution in [0.5, 0.6) is 0 Å². The van der Waals surface area contributed by atoms with Crippen LogP contribution in [0.4, 0.5) is 15.4 Å². The van der Waals surface area contributed by atoms with Gasteiger partial charge in [0.05, 0.1) is 5.92 Å². The average Bonchev–Trinajstić information content (AvgIpc) is 2.78. The summed E-state index contributed by atoms with van der Waals surface area (Å²) in [4.78, 5) is 55.6. The van der Waals surface area contributed by atoms with Crippen LogP contribution in [-0.2, 0) is 36.8 Å². The van der Waals surface area contributed by atoms with Gasteiger partial charge in [0.1, 0.15) is 29.7 Å². The highest BCUT2D eigenvalue weighted by molar-refractivity contribution is 6.08. The number of carbonyl (C=O) groups excluding carboxylic acids is 4. The summed E-state index contributed by atoms with van der Waals surface area (Å²) >= 11 is 0. The van der Waals surface area contributed by atoms with E-state index in [0.717, 1.165) is 5.56 Å². The van der Waals surface area contributed by atoms with E-state index in [2.05, 4.69) is 10.3 Å². The smallest absolute Gasteiger partial charge is 0.425 e. The van der Waals surface area contributed by atoms with Crippen LogP contribution >= 0.6 is 0 Å². The van der Waals surface area contributed by atoms with Crippen molar-refractivity contribution in [2.45, 2.75) is 71.8 Å². The lowest BCUT2D eigenvalue weighted by Crippen LogP contribution is -2.63. The third-order valence-corrected chi connectivity index (χ3v) is 5.16. The zero-order valence-electron chi connectivity index (χ0n) is 21.9. The van der Waals surface area contributed by atoms with E-state index in [1.807, 2.05) is 30.3 Å². The van der Waals surface area contributed by atoms with Gasteiger partial charge in [-0.1, -0.05) is 30.3 Å². The van der Waals surface area contributed by atoms with Gasteiger partial charge in [0.2, 0.25) is 5.91 Å². The number of benzene rings is 1. The monoisotopic (exact) mass is 511 g/mol. The lowest BCUT2D eigenvalue weighted by Gasteiger charge is -2.35. The Morgan fingerprint density at radius 2 is 1.51 bits per heavy atom. The fraction of sp³-hybridized carbons (Fsp3) is 0.444. The molecule has 37 heavy (non-hydrogen) atoms. The molecule has 3 amide bonds. The Balaban J connectivity index is 1.76. The number of β-lactam (4-membered cyclic amide) rings is 1. The van der Waals surface area contributed by atoms with Crippen molar-refractivity contribution in [2.75, 3.05) is 4.90 Å². The van der Waals surface area contributed by atoms with Gasteiger partial charge in [0, 0.05) is 6.20 Å². The molecule has 1 aromatic carbocycles. The van der Waals surface area contributed by atoms with E-state index >= 15 is 0 Å². The summed E-state index contributed by atoms with van der Waals surface area (Å²) in [7, 11) is 0. The number of nitrogens with zero attached hydrogens (tertiary/aromatic N) is 2. The van der Waals surface area contributed by atoms with E-state index in [-0.39, 0.29) is 24.8 Å². The number of nitrogens with one attached hydrogen (secondary N) is 1. The molecule has 3 rings (SSSR count). The van der Waals surface area contributed by atoms with Crippen molar-refractivity contribution in [1.29, 1.82) is 0 Å². The predicted molar refractivity (Wildman–Crippen MR) is 135 cm³/mol. The van der Waals surface area contributed by atoms with Crippen LogP contribution in [0, 0.1) is 5.92 Å². The Morgan fingerprint density at radius 1 is 0.919 bits per heavy atom. The van der Waals surface area contributed by atoms with Crippen LogP contribution < -0.4 is 10.2 Å². The highest BCUT2D eigenvalue weighted by Crippen LogP contribution is 2.25. The van der Waals surface area contributed by atoms with Crippen LogP contribution in [0.15, 0.2) is 48.7 Å². The fourth-order valence-electron chi connectivity index (χ4n) is 3.51. The van der Waals surface area contributed by atoms with Gasteiger partial charge in [-0.25, -0.2) is 19.4 Å². The van der Waals surface area contributed by atoms with Gasteiger partial charge in [-0.05, 0) is 71.2 Å². The van der Waals surface area contributed by atoms with Crippen molar-refractivity contribution in [3.05, 3.63) is 59.8 Å². The summed E-state index contributed by atoms with van der Waals surface area (Å²) in [5.74, 6) is -1.53. The zero-order chi connectivity index (χ0) is 27.4. The quantitative estimate of drug-likeness (QED) is 0.348. The van der Waals surface area contributed by atoms with Crippen molar-refractivity contribution >= 4 is 29.9 Å². The summed E-state index contributed by atoms with van der Waals surface area (Å²) in [5, 5.41) is 2.59. The molecule has 1 aliphatic heterocycles. The highest BCUT2D eigenvalue weighted by atomic mass is 16.6. The molecule has 0 radical (unpaired) electrons. The Bertz CT molecular complexity index is 1120. The number of ether oxygens (including phenoxy) is 3. The molecule has 1 N–H and O–H groups in total. The second kappa shape index (κ2) is 11.0. The number of pyridine rings is 1. The molecule has 1 aromatic heterocycles. The molecule has 2 heterocycles. The van der Waals surface area contributed by atoms with Crippen molar-refractivity contribution in [3.8, 4) is 0 Å². The van der Waals surface area contributed by atoms with Crippen LogP contribution in [-0.4, -0.2) is 46.3 Å². The minimum absolute atomic E-state index is 0.0241. The van der Waals surface area contributed by atoms with Gasteiger partial charge in [0.25, 0.3) is 0 Å². The molecule has 0 saturated carbocycles. The SMILES string of the molecule is CC(C)(C)OC(=O)N(C(=O)OC(C)(C)C)c1cc(CC2C(=O)N[C@@H]2C(=O)OCc2ccccc2)ccn1. The molecular formula is C27H33N3O7. The van der Waals surface area contributed by atoms with Crippen molar-refractivity contribution in [1.82, 2.24) is 10.3 Å². The standard InChI is InChI=1S/C27H33N3O7/c1-26(2,3)36-24(33)30(25(34)37-27(4,5)6)20-15-18(12-13-28-20)14-19-21(29-22(19)31)23(32)35-16-17-10-8-7-9-11-17/h7-13,15,19,21H,14,16H2,1-6H3,(H,29,31)/t19?,21-/m0/s1. The second-order valence-electron chi connectivity index (χ2n) is 10.7. The van der Waals surface area contributed by atoms with Gasteiger partial charge in [-0.3, -0.25) is 4.79 Å². The van der Waals surface area contributed by atoms with Gasteiger partial charge in [0.15, 0.2) is 0 Å².